The predicted molar refractivity (Wildman–Crippen MR) is 46.8 cm³/mol. The van der Waals surface area contributed by atoms with Crippen molar-refractivity contribution in [3.63, 3.8) is 0 Å². The van der Waals surface area contributed by atoms with Crippen molar-refractivity contribution in [2.24, 2.45) is 5.41 Å². The van der Waals surface area contributed by atoms with Gasteiger partial charge in [-0.25, -0.2) is 0 Å². The second-order valence-electron chi connectivity index (χ2n) is 4.68. The van der Waals surface area contributed by atoms with Crippen LogP contribution in [0, 0.1) is 5.41 Å². The maximum absolute atomic E-state index is 11.3. The summed E-state index contributed by atoms with van der Waals surface area (Å²) < 4.78 is 0.245. The Morgan fingerprint density at radius 3 is 2.18 bits per heavy atom. The number of Topliss-reactive ketones (excluding diaryl/α,β-unsaturated/α-hetero) is 1. The Hall–Kier alpha value is 0.460. The van der Waals surface area contributed by atoms with Crippen LogP contribution in [-0.4, -0.2) is 28.1 Å². The fraction of sp³-hybridized carbons (Fsp3) is 0.889. The first-order chi connectivity index (χ1) is 4.81. The Bertz CT molecular complexity index is 164. The minimum atomic E-state index is 0.237. The Labute approximate surface area is 81.8 Å². The summed E-state index contributed by atoms with van der Waals surface area (Å²) in [4.78, 5) is 11.3. The monoisotopic (exact) mass is 269 g/mol. The summed E-state index contributed by atoms with van der Waals surface area (Å²) in [7, 11) is 0. The third kappa shape index (κ3) is 2.76. The van der Waals surface area contributed by atoms with Crippen molar-refractivity contribution in [3.05, 3.63) is 0 Å². The van der Waals surface area contributed by atoms with Crippen LogP contribution in [0.25, 0.3) is 0 Å². The van der Waals surface area contributed by atoms with E-state index in [1.54, 1.807) is 0 Å². The Morgan fingerprint density at radius 1 is 1.27 bits per heavy atom. The van der Waals surface area contributed by atoms with Crippen LogP contribution in [0.3, 0.4) is 0 Å². The summed E-state index contributed by atoms with van der Waals surface area (Å²) in [6.07, 6.45) is 2.73. The van der Waals surface area contributed by atoms with E-state index in [1.165, 1.54) is 6.42 Å². The van der Waals surface area contributed by atoms with Crippen molar-refractivity contribution in [1.29, 1.82) is 0 Å². The van der Waals surface area contributed by atoms with Gasteiger partial charge in [-0.05, 0) is 0 Å². The van der Waals surface area contributed by atoms with Gasteiger partial charge in [0, 0.05) is 0 Å². The molecule has 1 aliphatic rings. The maximum atomic E-state index is 11.3. The molecule has 0 aromatic rings. The first kappa shape index (κ1) is 9.55. The molecule has 2 heteroatoms. The summed E-state index contributed by atoms with van der Waals surface area (Å²) in [5.74, 6) is 0.439. The van der Waals surface area contributed by atoms with Gasteiger partial charge >= 0.3 is 81.8 Å². The first-order valence-electron chi connectivity index (χ1n) is 4.03. The summed E-state index contributed by atoms with van der Waals surface area (Å²) in [6.45, 7) is 6.57. The van der Waals surface area contributed by atoms with Crippen LogP contribution in [0.1, 0.15) is 40.0 Å². The molecule has 1 atom stereocenters. The molecule has 63 valence electrons. The van der Waals surface area contributed by atoms with E-state index in [9.17, 15) is 4.79 Å². The van der Waals surface area contributed by atoms with E-state index in [1.807, 2.05) is 0 Å². The molecule has 0 aliphatic heterocycles. The van der Waals surface area contributed by atoms with E-state index in [0.717, 1.165) is 12.8 Å². The van der Waals surface area contributed by atoms with Gasteiger partial charge < -0.3 is 0 Å². The molecular formula is C9H15OTe. The van der Waals surface area contributed by atoms with Crippen LogP contribution in [-0.2, 0) is 4.79 Å². The van der Waals surface area contributed by atoms with Crippen molar-refractivity contribution < 1.29 is 4.79 Å². The van der Waals surface area contributed by atoms with Crippen LogP contribution < -0.4 is 0 Å². The van der Waals surface area contributed by atoms with E-state index in [2.05, 4.69) is 43.1 Å². The molecule has 1 nitrogen and oxygen atoms in total. The zero-order chi connectivity index (χ0) is 8.70. The normalized spacial score (nSPS) is 37.3. The van der Waals surface area contributed by atoms with E-state index in [4.69, 9.17) is 0 Å². The van der Waals surface area contributed by atoms with Gasteiger partial charge in [0.25, 0.3) is 0 Å². The molecular weight excluding hydrogens is 252 g/mol. The molecule has 1 fully saturated rings. The summed E-state index contributed by atoms with van der Waals surface area (Å²) in [5.41, 5.74) is 0.237. The topological polar surface area (TPSA) is 17.1 Å². The first-order valence-corrected chi connectivity index (χ1v) is 5.19. The van der Waals surface area contributed by atoms with Crippen LogP contribution >= 0.6 is 0 Å². The van der Waals surface area contributed by atoms with Crippen molar-refractivity contribution in [2.75, 3.05) is 0 Å². The van der Waals surface area contributed by atoms with E-state index in [0.29, 0.717) is 5.78 Å². The number of ketones is 1. The van der Waals surface area contributed by atoms with E-state index < -0.39 is 0 Å². The van der Waals surface area contributed by atoms with Crippen molar-refractivity contribution >= 4 is 28.1 Å². The number of rotatable bonds is 0. The van der Waals surface area contributed by atoms with Gasteiger partial charge in [-0.1, -0.05) is 0 Å². The summed E-state index contributed by atoms with van der Waals surface area (Å²) in [6, 6.07) is 0. The molecule has 1 aliphatic carbocycles. The molecule has 1 unspecified atom stereocenters. The van der Waals surface area contributed by atoms with E-state index >= 15 is 0 Å². The number of hydrogen-bond acceptors (Lipinski definition) is 1. The standard InChI is InChI=1S/C9H15OTe/c1-8(2)4-7(10)5-9(3,11)6-8/h4-6H2,1-3H3. The molecule has 0 N–H and O–H groups in total. The van der Waals surface area contributed by atoms with Gasteiger partial charge in [0.05, 0.1) is 0 Å². The zero-order valence-electron chi connectivity index (χ0n) is 7.44. The molecule has 1 saturated carbocycles. The molecule has 1 radical (unpaired) electrons. The molecule has 0 heterocycles. The molecule has 11 heavy (non-hydrogen) atoms. The van der Waals surface area contributed by atoms with Crippen LogP contribution in [0.5, 0.6) is 0 Å². The number of hydrogen-bond donors (Lipinski definition) is 0. The van der Waals surface area contributed by atoms with Crippen molar-refractivity contribution in [2.45, 2.75) is 43.5 Å². The number of carbonyl (C=O) groups excluding carboxylic acids is 1. The average molecular weight is 267 g/mol. The van der Waals surface area contributed by atoms with Gasteiger partial charge in [0.1, 0.15) is 0 Å². The van der Waals surface area contributed by atoms with Gasteiger partial charge in [-0.2, -0.15) is 0 Å². The third-order valence-corrected chi connectivity index (χ3v) is 2.92. The van der Waals surface area contributed by atoms with Gasteiger partial charge in [0.2, 0.25) is 0 Å². The molecule has 0 saturated heterocycles. The second kappa shape index (κ2) is 2.75. The van der Waals surface area contributed by atoms with Gasteiger partial charge in [0.15, 0.2) is 0 Å². The molecule has 0 aromatic carbocycles. The van der Waals surface area contributed by atoms with Crippen LogP contribution in [0.4, 0.5) is 0 Å². The number of carbonyl (C=O) groups is 1. The van der Waals surface area contributed by atoms with Crippen molar-refractivity contribution in [3.8, 4) is 0 Å². The predicted octanol–water partition coefficient (Wildman–Crippen LogP) is 2.11. The summed E-state index contributed by atoms with van der Waals surface area (Å²) in [5, 5.41) is 0. The van der Waals surface area contributed by atoms with Crippen LogP contribution in [0.2, 0.25) is 3.46 Å². The Morgan fingerprint density at radius 2 is 1.82 bits per heavy atom. The quantitative estimate of drug-likeness (QED) is 0.614. The molecule has 0 spiro atoms. The van der Waals surface area contributed by atoms with Crippen LogP contribution in [0.15, 0.2) is 0 Å². The van der Waals surface area contributed by atoms with E-state index in [-0.39, 0.29) is 8.88 Å². The van der Waals surface area contributed by atoms with Gasteiger partial charge in [-0.3, -0.25) is 0 Å². The summed E-state index contributed by atoms with van der Waals surface area (Å²) >= 11 is 2.11. The zero-order valence-corrected chi connectivity index (χ0v) is 9.77. The second-order valence-corrected chi connectivity index (χ2v) is 7.50. The molecule has 0 bridgehead atoms. The van der Waals surface area contributed by atoms with Crippen molar-refractivity contribution in [1.82, 2.24) is 0 Å². The molecule has 0 aromatic heterocycles. The minimum absolute atomic E-state index is 0.237. The molecule has 0 amide bonds. The fourth-order valence-electron chi connectivity index (χ4n) is 2.15. The average Bonchev–Trinajstić information content (AvgIpc) is 1.49. The third-order valence-electron chi connectivity index (χ3n) is 2.10. The van der Waals surface area contributed by atoms with Gasteiger partial charge in [-0.15, -0.1) is 0 Å². The Balaban J connectivity index is 2.74. The fourth-order valence-corrected chi connectivity index (χ4v) is 3.73. The SMILES string of the molecule is CC1(C)CC(=O)CC(C)([Te])C1. The Kier molecular flexibility index (Phi) is 2.38. The molecule has 1 rings (SSSR count).